The first-order valence-electron chi connectivity index (χ1n) is 7.56. The molecule has 1 aliphatic heterocycles. The zero-order valence-corrected chi connectivity index (χ0v) is 11.2. The Hall–Kier alpha value is -0.120. The topological polar surface area (TPSA) is 41.3 Å². The molecule has 0 amide bonds. The summed E-state index contributed by atoms with van der Waals surface area (Å²) in [4.78, 5) is 2.63. The Bertz CT molecular complexity index is 198. The molecular formula is C14H29N3. The van der Waals surface area contributed by atoms with Crippen LogP contribution in [0.25, 0.3) is 0 Å². The largest absolute Gasteiger partial charge is 0.328 e. The maximum atomic E-state index is 6.01. The lowest BCUT2D eigenvalue weighted by Crippen LogP contribution is -2.42. The molecule has 0 aromatic rings. The molecule has 100 valence electrons. The smallest absolute Gasteiger partial charge is 0.0107 e. The average Bonchev–Trinajstić information content (AvgIpc) is 2.58. The fourth-order valence-corrected chi connectivity index (χ4v) is 3.20. The molecule has 0 radical (unpaired) electrons. The van der Waals surface area contributed by atoms with Crippen LogP contribution in [0.5, 0.6) is 0 Å². The van der Waals surface area contributed by atoms with Crippen molar-refractivity contribution in [2.75, 3.05) is 26.2 Å². The number of nitrogens with zero attached hydrogens (tertiary/aromatic N) is 1. The van der Waals surface area contributed by atoms with Gasteiger partial charge in [-0.3, -0.25) is 0 Å². The highest BCUT2D eigenvalue weighted by Gasteiger charge is 2.18. The van der Waals surface area contributed by atoms with Gasteiger partial charge in [-0.15, -0.1) is 0 Å². The van der Waals surface area contributed by atoms with Crippen molar-refractivity contribution in [2.45, 2.75) is 63.5 Å². The fraction of sp³-hybridized carbons (Fsp3) is 1.00. The Morgan fingerprint density at radius 2 is 1.76 bits per heavy atom. The molecule has 3 N–H and O–H groups in total. The van der Waals surface area contributed by atoms with Crippen LogP contribution in [0.15, 0.2) is 0 Å². The van der Waals surface area contributed by atoms with E-state index in [1.807, 2.05) is 0 Å². The Labute approximate surface area is 106 Å². The summed E-state index contributed by atoms with van der Waals surface area (Å²) in [6.07, 6.45) is 10.7. The lowest BCUT2D eigenvalue weighted by molar-refractivity contribution is 0.266. The summed E-state index contributed by atoms with van der Waals surface area (Å²) in [5.74, 6) is 0. The van der Waals surface area contributed by atoms with Crippen LogP contribution in [-0.4, -0.2) is 43.2 Å². The Morgan fingerprint density at radius 3 is 2.47 bits per heavy atom. The van der Waals surface area contributed by atoms with Gasteiger partial charge in [-0.2, -0.15) is 0 Å². The first-order valence-corrected chi connectivity index (χ1v) is 7.56. The predicted molar refractivity (Wildman–Crippen MR) is 73.1 cm³/mol. The highest BCUT2D eigenvalue weighted by molar-refractivity contribution is 4.80. The Morgan fingerprint density at radius 1 is 1.00 bits per heavy atom. The second kappa shape index (κ2) is 7.34. The van der Waals surface area contributed by atoms with Gasteiger partial charge < -0.3 is 16.0 Å². The van der Waals surface area contributed by atoms with Crippen molar-refractivity contribution in [3.63, 3.8) is 0 Å². The Kier molecular flexibility index (Phi) is 5.75. The molecule has 0 spiro atoms. The van der Waals surface area contributed by atoms with Gasteiger partial charge in [0.2, 0.25) is 0 Å². The van der Waals surface area contributed by atoms with Crippen LogP contribution in [0.1, 0.15) is 51.4 Å². The molecule has 1 heterocycles. The highest BCUT2D eigenvalue weighted by Crippen LogP contribution is 2.16. The van der Waals surface area contributed by atoms with Gasteiger partial charge in [0.1, 0.15) is 0 Å². The van der Waals surface area contributed by atoms with E-state index >= 15 is 0 Å². The highest BCUT2D eigenvalue weighted by atomic mass is 15.1. The van der Waals surface area contributed by atoms with Gasteiger partial charge >= 0.3 is 0 Å². The zero-order chi connectivity index (χ0) is 11.9. The minimum atomic E-state index is 0.444. The van der Waals surface area contributed by atoms with Crippen LogP contribution < -0.4 is 11.1 Å². The third-order valence-electron chi connectivity index (χ3n) is 4.27. The number of rotatable bonds is 4. The van der Waals surface area contributed by atoms with E-state index < -0.39 is 0 Å². The summed E-state index contributed by atoms with van der Waals surface area (Å²) in [5, 5.41) is 3.70. The number of likely N-dealkylation sites (tertiary alicyclic amines) is 1. The lowest BCUT2D eigenvalue weighted by atomic mass is 9.92. The summed E-state index contributed by atoms with van der Waals surface area (Å²) >= 11 is 0. The van der Waals surface area contributed by atoms with E-state index in [-0.39, 0.29) is 0 Å². The zero-order valence-electron chi connectivity index (χ0n) is 11.2. The molecule has 17 heavy (non-hydrogen) atoms. The van der Waals surface area contributed by atoms with Crippen LogP contribution in [0, 0.1) is 0 Å². The van der Waals surface area contributed by atoms with Crippen LogP contribution >= 0.6 is 0 Å². The number of hydrogen-bond acceptors (Lipinski definition) is 3. The second-order valence-corrected chi connectivity index (χ2v) is 5.83. The van der Waals surface area contributed by atoms with Crippen LogP contribution in [0.4, 0.5) is 0 Å². The maximum Gasteiger partial charge on any atom is 0.0107 e. The van der Waals surface area contributed by atoms with Gasteiger partial charge in [0.25, 0.3) is 0 Å². The molecular weight excluding hydrogens is 210 g/mol. The number of nitrogens with two attached hydrogens (primary N) is 1. The van der Waals surface area contributed by atoms with Gasteiger partial charge in [-0.05, 0) is 45.2 Å². The molecule has 0 aromatic heterocycles. The molecule has 3 heteroatoms. The van der Waals surface area contributed by atoms with Gasteiger partial charge in [0.05, 0.1) is 0 Å². The van der Waals surface area contributed by atoms with E-state index in [0.29, 0.717) is 12.1 Å². The van der Waals surface area contributed by atoms with Crippen molar-refractivity contribution in [1.29, 1.82) is 0 Å². The predicted octanol–water partition coefficient (Wildman–Crippen LogP) is 1.72. The fourth-order valence-electron chi connectivity index (χ4n) is 3.20. The standard InChI is InChI=1S/C14H29N3/c15-13-6-5-7-14(12-13)16-8-11-17-9-3-1-2-4-10-17/h13-14,16H,1-12,15H2. The normalized spacial score (nSPS) is 32.3. The number of hydrogen-bond donors (Lipinski definition) is 2. The van der Waals surface area contributed by atoms with Crippen molar-refractivity contribution in [3.05, 3.63) is 0 Å². The molecule has 1 saturated carbocycles. The van der Waals surface area contributed by atoms with Crippen molar-refractivity contribution in [3.8, 4) is 0 Å². The first kappa shape index (κ1) is 13.3. The van der Waals surface area contributed by atoms with E-state index in [1.54, 1.807) is 0 Å². The minimum Gasteiger partial charge on any atom is -0.328 e. The lowest BCUT2D eigenvalue weighted by Gasteiger charge is -2.28. The molecule has 2 fully saturated rings. The van der Waals surface area contributed by atoms with Crippen LogP contribution in [0.3, 0.4) is 0 Å². The monoisotopic (exact) mass is 239 g/mol. The third-order valence-corrected chi connectivity index (χ3v) is 4.27. The van der Waals surface area contributed by atoms with Gasteiger partial charge in [-0.1, -0.05) is 19.3 Å². The molecule has 1 aliphatic carbocycles. The molecule has 2 rings (SSSR count). The first-order chi connectivity index (χ1) is 8.34. The second-order valence-electron chi connectivity index (χ2n) is 5.83. The SMILES string of the molecule is NC1CCCC(NCCN2CCCCCC2)C1. The summed E-state index contributed by atoms with van der Waals surface area (Å²) < 4.78 is 0. The van der Waals surface area contributed by atoms with Gasteiger partial charge in [0, 0.05) is 25.2 Å². The van der Waals surface area contributed by atoms with Gasteiger partial charge in [0.15, 0.2) is 0 Å². The number of nitrogens with one attached hydrogen (secondary N) is 1. The summed E-state index contributed by atoms with van der Waals surface area (Å²) in [6.45, 7) is 5.00. The van der Waals surface area contributed by atoms with E-state index in [0.717, 1.165) is 6.54 Å². The quantitative estimate of drug-likeness (QED) is 0.785. The maximum absolute atomic E-state index is 6.01. The van der Waals surface area contributed by atoms with Crippen molar-refractivity contribution in [1.82, 2.24) is 10.2 Å². The molecule has 0 bridgehead atoms. The summed E-state index contributed by atoms with van der Waals surface area (Å²) in [6, 6.07) is 1.13. The van der Waals surface area contributed by atoms with Crippen LogP contribution in [-0.2, 0) is 0 Å². The summed E-state index contributed by atoms with van der Waals surface area (Å²) in [7, 11) is 0. The van der Waals surface area contributed by atoms with Gasteiger partial charge in [-0.25, -0.2) is 0 Å². The Balaban J connectivity index is 1.58. The van der Waals surface area contributed by atoms with E-state index in [2.05, 4.69) is 10.2 Å². The molecule has 0 aromatic carbocycles. The average molecular weight is 239 g/mol. The molecule has 2 unspecified atom stereocenters. The van der Waals surface area contributed by atoms with Crippen molar-refractivity contribution >= 4 is 0 Å². The molecule has 1 saturated heterocycles. The van der Waals surface area contributed by atoms with E-state index in [9.17, 15) is 0 Å². The third kappa shape index (κ3) is 4.94. The molecule has 2 atom stereocenters. The van der Waals surface area contributed by atoms with Crippen molar-refractivity contribution in [2.24, 2.45) is 5.73 Å². The van der Waals surface area contributed by atoms with Crippen LogP contribution in [0.2, 0.25) is 0 Å². The molecule has 2 aliphatic rings. The van der Waals surface area contributed by atoms with E-state index in [1.165, 1.54) is 71.0 Å². The minimum absolute atomic E-state index is 0.444. The summed E-state index contributed by atoms with van der Waals surface area (Å²) in [5.41, 5.74) is 6.01. The van der Waals surface area contributed by atoms with E-state index in [4.69, 9.17) is 5.73 Å². The molecule has 3 nitrogen and oxygen atoms in total. The van der Waals surface area contributed by atoms with Crippen molar-refractivity contribution < 1.29 is 0 Å².